The lowest BCUT2D eigenvalue weighted by molar-refractivity contribution is -0.165. The van der Waals surface area contributed by atoms with Gasteiger partial charge in [-0.3, -0.25) is 9.59 Å². The molecule has 1 aliphatic rings. The lowest BCUT2D eigenvalue weighted by Crippen LogP contribution is -2.26. The second kappa shape index (κ2) is 8.90. The normalized spacial score (nSPS) is 20.4. The maximum Gasteiger partial charge on any atom is 0.320 e. The van der Waals surface area contributed by atoms with Gasteiger partial charge in [0, 0.05) is 6.42 Å². The van der Waals surface area contributed by atoms with Gasteiger partial charge in [0.05, 0.1) is 5.92 Å². The molecule has 0 aliphatic carbocycles. The molecule has 0 aromatic rings. The van der Waals surface area contributed by atoms with E-state index in [-0.39, 0.29) is 17.9 Å². The summed E-state index contributed by atoms with van der Waals surface area (Å²) in [5, 5.41) is 0. The molecule has 1 saturated heterocycles. The smallest absolute Gasteiger partial charge is 0.320 e. The number of esters is 2. The lowest BCUT2D eigenvalue weighted by Gasteiger charge is -2.15. The Hall–Kier alpha value is -1.12. The minimum atomic E-state index is -0.388. The molecule has 0 amide bonds. The van der Waals surface area contributed by atoms with Crippen molar-refractivity contribution in [3.05, 3.63) is 12.2 Å². The first-order valence-electron chi connectivity index (χ1n) is 7.15. The number of ether oxygens (including phenoxy) is 1. The Morgan fingerprint density at radius 1 is 1.17 bits per heavy atom. The van der Waals surface area contributed by atoms with E-state index in [1.54, 1.807) is 0 Å². The van der Waals surface area contributed by atoms with Crippen molar-refractivity contribution in [2.75, 3.05) is 0 Å². The van der Waals surface area contributed by atoms with Gasteiger partial charge in [0.2, 0.25) is 0 Å². The van der Waals surface area contributed by atoms with Crippen LogP contribution in [0.5, 0.6) is 0 Å². The predicted octanol–water partition coefficient (Wildman–Crippen LogP) is 3.77. The highest BCUT2D eigenvalue weighted by Gasteiger charge is 2.26. The van der Waals surface area contributed by atoms with E-state index in [0.717, 1.165) is 6.42 Å². The number of unbranched alkanes of at least 4 members (excludes halogenated alkanes) is 6. The van der Waals surface area contributed by atoms with Gasteiger partial charge in [-0.15, -0.1) is 0 Å². The summed E-state index contributed by atoms with van der Waals surface area (Å²) in [7, 11) is 0. The maximum absolute atomic E-state index is 11.3. The van der Waals surface area contributed by atoms with Crippen LogP contribution in [0, 0.1) is 5.92 Å². The van der Waals surface area contributed by atoms with E-state index in [1.807, 2.05) is 6.08 Å². The molecule has 0 aromatic carbocycles. The largest absolute Gasteiger partial charge is 0.393 e. The van der Waals surface area contributed by atoms with Crippen LogP contribution in [-0.2, 0) is 14.3 Å². The first-order chi connectivity index (χ1) is 8.74. The minimum absolute atomic E-state index is 0.206. The van der Waals surface area contributed by atoms with Crippen LogP contribution in [0.3, 0.4) is 0 Å². The molecular formula is C15H24O3. The molecule has 0 spiro atoms. The van der Waals surface area contributed by atoms with Crippen LogP contribution in [0.25, 0.3) is 0 Å². The highest BCUT2D eigenvalue weighted by Crippen LogP contribution is 2.18. The Bertz CT molecular complexity index is 294. The number of rotatable bonds is 8. The van der Waals surface area contributed by atoms with E-state index in [2.05, 4.69) is 17.7 Å². The summed E-state index contributed by atoms with van der Waals surface area (Å²) in [6.07, 6.45) is 13.6. The highest BCUT2D eigenvalue weighted by atomic mass is 16.6. The molecule has 3 heteroatoms. The summed E-state index contributed by atoms with van der Waals surface area (Å²) in [5.74, 6) is -0.978. The van der Waals surface area contributed by atoms with E-state index in [9.17, 15) is 9.59 Å². The molecule has 0 radical (unpaired) electrons. The zero-order valence-electron chi connectivity index (χ0n) is 11.3. The van der Waals surface area contributed by atoms with Crippen molar-refractivity contribution in [1.82, 2.24) is 0 Å². The number of carbonyl (C=O) groups excluding carboxylic acids is 2. The van der Waals surface area contributed by atoms with Gasteiger partial charge in [0.1, 0.15) is 0 Å². The fraction of sp³-hybridized carbons (Fsp3) is 0.733. The van der Waals surface area contributed by atoms with Gasteiger partial charge >= 0.3 is 11.9 Å². The minimum Gasteiger partial charge on any atom is -0.393 e. The molecule has 102 valence electrons. The quantitative estimate of drug-likeness (QED) is 0.286. The van der Waals surface area contributed by atoms with Crippen molar-refractivity contribution >= 4 is 11.9 Å². The number of allylic oxidation sites excluding steroid dienone is 1. The summed E-state index contributed by atoms with van der Waals surface area (Å²) in [4.78, 5) is 22.2. The van der Waals surface area contributed by atoms with Crippen molar-refractivity contribution in [2.24, 2.45) is 5.92 Å². The molecule has 0 aromatic heterocycles. The van der Waals surface area contributed by atoms with Gasteiger partial charge in [0.25, 0.3) is 0 Å². The second-order valence-electron chi connectivity index (χ2n) is 4.92. The average molecular weight is 252 g/mol. The molecule has 1 fully saturated rings. The molecule has 18 heavy (non-hydrogen) atoms. The van der Waals surface area contributed by atoms with Gasteiger partial charge in [0.15, 0.2) is 0 Å². The SMILES string of the molecule is CCCCCCCCC=CC1CCC(=O)OC1=O. The van der Waals surface area contributed by atoms with Crippen molar-refractivity contribution in [2.45, 2.75) is 64.7 Å². The Morgan fingerprint density at radius 2 is 1.89 bits per heavy atom. The summed E-state index contributed by atoms with van der Waals surface area (Å²) in [5.41, 5.74) is 0. The van der Waals surface area contributed by atoms with E-state index in [0.29, 0.717) is 12.8 Å². The van der Waals surface area contributed by atoms with Crippen molar-refractivity contribution in [3.63, 3.8) is 0 Å². The first kappa shape index (κ1) is 14.9. The third-order valence-electron chi connectivity index (χ3n) is 3.27. The molecule has 0 saturated carbocycles. The predicted molar refractivity (Wildman–Crippen MR) is 71.0 cm³/mol. The highest BCUT2D eigenvalue weighted by molar-refractivity contribution is 5.90. The van der Waals surface area contributed by atoms with Crippen LogP contribution >= 0.6 is 0 Å². The maximum atomic E-state index is 11.3. The molecule has 1 aliphatic heterocycles. The number of cyclic esters (lactones) is 2. The van der Waals surface area contributed by atoms with Crippen molar-refractivity contribution < 1.29 is 14.3 Å². The van der Waals surface area contributed by atoms with Crippen molar-refractivity contribution in [3.8, 4) is 0 Å². The van der Waals surface area contributed by atoms with Crippen LogP contribution in [0.1, 0.15) is 64.7 Å². The molecule has 1 atom stereocenters. The number of hydrogen-bond donors (Lipinski definition) is 0. The Morgan fingerprint density at radius 3 is 2.61 bits per heavy atom. The van der Waals surface area contributed by atoms with Crippen LogP contribution in [0.15, 0.2) is 12.2 Å². The van der Waals surface area contributed by atoms with Crippen LogP contribution in [-0.4, -0.2) is 11.9 Å². The molecule has 3 nitrogen and oxygen atoms in total. The summed E-state index contributed by atoms with van der Waals surface area (Å²) in [6, 6.07) is 0. The standard InChI is InChI=1S/C15H24O3/c1-2-3-4-5-6-7-8-9-10-13-11-12-14(16)18-15(13)17/h9-10,13H,2-8,11-12H2,1H3. The lowest BCUT2D eigenvalue weighted by atomic mass is 10.00. The summed E-state index contributed by atoms with van der Waals surface area (Å²) < 4.78 is 4.59. The molecule has 0 N–H and O–H groups in total. The molecular weight excluding hydrogens is 228 g/mol. The van der Waals surface area contributed by atoms with E-state index in [1.165, 1.54) is 38.5 Å². The van der Waals surface area contributed by atoms with Crippen molar-refractivity contribution in [1.29, 1.82) is 0 Å². The fourth-order valence-corrected chi connectivity index (χ4v) is 2.11. The molecule has 1 unspecified atom stereocenters. The average Bonchev–Trinajstić information content (AvgIpc) is 2.35. The third kappa shape index (κ3) is 5.99. The summed E-state index contributed by atoms with van der Waals surface area (Å²) in [6.45, 7) is 2.22. The zero-order valence-corrected chi connectivity index (χ0v) is 11.3. The number of carbonyl (C=O) groups is 2. The zero-order chi connectivity index (χ0) is 13.2. The van der Waals surface area contributed by atoms with Gasteiger partial charge in [-0.25, -0.2) is 0 Å². The Labute approximate surface area is 110 Å². The number of hydrogen-bond acceptors (Lipinski definition) is 3. The molecule has 0 bridgehead atoms. The van der Waals surface area contributed by atoms with E-state index < -0.39 is 0 Å². The first-order valence-corrected chi connectivity index (χ1v) is 7.15. The third-order valence-corrected chi connectivity index (χ3v) is 3.27. The van der Waals surface area contributed by atoms with E-state index in [4.69, 9.17) is 0 Å². The van der Waals surface area contributed by atoms with Gasteiger partial charge < -0.3 is 4.74 Å². The Balaban J connectivity index is 2.06. The topological polar surface area (TPSA) is 43.4 Å². The fourth-order valence-electron chi connectivity index (χ4n) is 2.11. The Kier molecular flexibility index (Phi) is 7.38. The van der Waals surface area contributed by atoms with Crippen LogP contribution in [0.4, 0.5) is 0 Å². The molecule has 1 rings (SSSR count). The molecule has 1 heterocycles. The van der Waals surface area contributed by atoms with Gasteiger partial charge in [-0.2, -0.15) is 0 Å². The van der Waals surface area contributed by atoms with Crippen LogP contribution in [0.2, 0.25) is 0 Å². The van der Waals surface area contributed by atoms with Crippen LogP contribution < -0.4 is 0 Å². The summed E-state index contributed by atoms with van der Waals surface area (Å²) >= 11 is 0. The monoisotopic (exact) mass is 252 g/mol. The second-order valence-corrected chi connectivity index (χ2v) is 4.92. The van der Waals surface area contributed by atoms with E-state index >= 15 is 0 Å². The van der Waals surface area contributed by atoms with Gasteiger partial charge in [-0.1, -0.05) is 51.2 Å². The van der Waals surface area contributed by atoms with Gasteiger partial charge in [-0.05, 0) is 19.3 Å².